The number of hydrogen-bond donors (Lipinski definition) is 0. The normalized spacial score (nSPS) is 19.2. The van der Waals surface area contributed by atoms with Crippen molar-refractivity contribution in [2.24, 2.45) is 5.92 Å². The van der Waals surface area contributed by atoms with Gasteiger partial charge in [-0.05, 0) is 37.3 Å². The number of rotatable bonds is 4. The van der Waals surface area contributed by atoms with Gasteiger partial charge in [-0.2, -0.15) is 0 Å². The van der Waals surface area contributed by atoms with Crippen LogP contribution in [0.2, 0.25) is 4.34 Å². The minimum absolute atomic E-state index is 0.164. The predicted molar refractivity (Wildman–Crippen MR) is 73.9 cm³/mol. The molecule has 1 fully saturated rings. The molecule has 0 nitrogen and oxygen atoms in total. The molecule has 0 aromatic carbocycles. The van der Waals surface area contributed by atoms with Crippen molar-refractivity contribution in [1.29, 1.82) is 0 Å². The van der Waals surface area contributed by atoms with E-state index in [2.05, 4.69) is 6.07 Å². The minimum Gasteiger partial charge on any atom is -0.127 e. The van der Waals surface area contributed by atoms with Crippen LogP contribution in [0.15, 0.2) is 6.07 Å². The van der Waals surface area contributed by atoms with Crippen molar-refractivity contribution >= 4 is 34.5 Å². The van der Waals surface area contributed by atoms with Crippen LogP contribution in [-0.4, -0.2) is 0 Å². The van der Waals surface area contributed by atoms with Crippen molar-refractivity contribution in [3.63, 3.8) is 0 Å². The molecule has 1 aliphatic rings. The van der Waals surface area contributed by atoms with Gasteiger partial charge in [-0.25, -0.2) is 0 Å². The summed E-state index contributed by atoms with van der Waals surface area (Å²) in [4.78, 5) is 1.24. The highest BCUT2D eigenvalue weighted by atomic mass is 35.5. The van der Waals surface area contributed by atoms with Crippen LogP contribution in [0, 0.1) is 12.8 Å². The van der Waals surface area contributed by atoms with Crippen LogP contribution in [0.25, 0.3) is 0 Å². The third-order valence-corrected chi connectivity index (χ3v) is 5.74. The van der Waals surface area contributed by atoms with E-state index in [0.717, 1.165) is 22.2 Å². The zero-order valence-corrected chi connectivity index (χ0v) is 12.0. The summed E-state index contributed by atoms with van der Waals surface area (Å²) in [5, 5.41) is 0.164. The number of alkyl halides is 1. The first-order chi connectivity index (χ1) is 7.66. The number of aryl methyl sites for hydroxylation is 1. The van der Waals surface area contributed by atoms with E-state index in [1.54, 1.807) is 11.3 Å². The number of halogens is 2. The molecule has 1 aromatic heterocycles. The molecule has 16 heavy (non-hydrogen) atoms. The van der Waals surface area contributed by atoms with Gasteiger partial charge in [-0.15, -0.1) is 22.9 Å². The summed E-state index contributed by atoms with van der Waals surface area (Å²) in [6, 6.07) is 2.14. The summed E-state index contributed by atoms with van der Waals surface area (Å²) in [7, 11) is 0. The first kappa shape index (κ1) is 12.7. The van der Waals surface area contributed by atoms with Gasteiger partial charge in [-0.1, -0.05) is 37.3 Å². The smallest absolute Gasteiger partial charge is 0.0960 e. The Balaban J connectivity index is 1.84. The van der Waals surface area contributed by atoms with Gasteiger partial charge in [0.1, 0.15) is 0 Å². The zero-order valence-electron chi connectivity index (χ0n) is 9.64. The molecule has 0 amide bonds. The van der Waals surface area contributed by atoms with Crippen molar-refractivity contribution in [2.75, 3.05) is 0 Å². The molecule has 1 unspecified atom stereocenters. The van der Waals surface area contributed by atoms with Crippen molar-refractivity contribution in [3.8, 4) is 0 Å². The Kier molecular flexibility index (Phi) is 4.57. The Morgan fingerprint density at radius 2 is 2.12 bits per heavy atom. The fraction of sp³-hybridized carbons (Fsp3) is 0.692. The van der Waals surface area contributed by atoms with Gasteiger partial charge >= 0.3 is 0 Å². The summed E-state index contributed by atoms with van der Waals surface area (Å²) in [6.07, 6.45) is 8.04. The molecule has 1 heterocycles. The molecule has 0 aliphatic heterocycles. The minimum atomic E-state index is 0.164. The molecule has 0 saturated heterocycles. The highest BCUT2D eigenvalue weighted by molar-refractivity contribution is 7.16. The second-order valence-corrected chi connectivity index (χ2v) is 7.01. The largest absolute Gasteiger partial charge is 0.127 e. The molecule has 1 aliphatic carbocycles. The lowest BCUT2D eigenvalue weighted by Gasteiger charge is -2.11. The number of hydrogen-bond acceptors (Lipinski definition) is 1. The summed E-state index contributed by atoms with van der Waals surface area (Å²) >= 11 is 14.1. The lowest BCUT2D eigenvalue weighted by atomic mass is 10.00. The van der Waals surface area contributed by atoms with Gasteiger partial charge in [0.05, 0.1) is 9.71 Å². The maximum atomic E-state index is 6.42. The van der Waals surface area contributed by atoms with E-state index in [-0.39, 0.29) is 5.38 Å². The van der Waals surface area contributed by atoms with Crippen molar-refractivity contribution in [2.45, 2.75) is 50.8 Å². The molecular formula is C13H18Cl2S. The van der Waals surface area contributed by atoms with Crippen LogP contribution in [0.5, 0.6) is 0 Å². The van der Waals surface area contributed by atoms with Crippen molar-refractivity contribution in [1.82, 2.24) is 0 Å². The van der Waals surface area contributed by atoms with Gasteiger partial charge in [0.25, 0.3) is 0 Å². The molecular weight excluding hydrogens is 259 g/mol. The van der Waals surface area contributed by atoms with Crippen molar-refractivity contribution < 1.29 is 0 Å². The average Bonchev–Trinajstić information content (AvgIpc) is 2.86. The van der Waals surface area contributed by atoms with Crippen LogP contribution >= 0.6 is 34.5 Å². The van der Waals surface area contributed by atoms with Gasteiger partial charge in [0.2, 0.25) is 0 Å². The van der Waals surface area contributed by atoms with Crippen LogP contribution in [0.1, 0.15) is 54.3 Å². The van der Waals surface area contributed by atoms with Crippen LogP contribution in [-0.2, 0) is 0 Å². The van der Waals surface area contributed by atoms with Crippen LogP contribution in [0.3, 0.4) is 0 Å². The fourth-order valence-electron chi connectivity index (χ4n) is 2.46. The monoisotopic (exact) mass is 276 g/mol. The Hall–Kier alpha value is 0.280. The summed E-state index contributed by atoms with van der Waals surface area (Å²) in [5.74, 6) is 0.929. The highest BCUT2D eigenvalue weighted by Gasteiger charge is 2.18. The zero-order chi connectivity index (χ0) is 11.5. The topological polar surface area (TPSA) is 0 Å². The first-order valence-corrected chi connectivity index (χ1v) is 7.70. The fourth-order valence-corrected chi connectivity index (χ4v) is 4.01. The third kappa shape index (κ3) is 3.15. The van der Waals surface area contributed by atoms with Gasteiger partial charge < -0.3 is 0 Å². The molecule has 1 atom stereocenters. The molecule has 0 N–H and O–H groups in total. The van der Waals surface area contributed by atoms with Gasteiger partial charge in [-0.3, -0.25) is 0 Å². The third-order valence-electron chi connectivity index (χ3n) is 3.49. The lowest BCUT2D eigenvalue weighted by molar-refractivity contribution is 0.481. The predicted octanol–water partition coefficient (Wildman–Crippen LogP) is 5.96. The van der Waals surface area contributed by atoms with Gasteiger partial charge in [0.15, 0.2) is 0 Å². The summed E-state index contributed by atoms with van der Waals surface area (Å²) in [6.45, 7) is 2.04. The van der Waals surface area contributed by atoms with Crippen LogP contribution in [0.4, 0.5) is 0 Å². The van der Waals surface area contributed by atoms with E-state index >= 15 is 0 Å². The Morgan fingerprint density at radius 3 is 2.69 bits per heavy atom. The average molecular weight is 277 g/mol. The van der Waals surface area contributed by atoms with Crippen molar-refractivity contribution in [3.05, 3.63) is 20.8 Å². The van der Waals surface area contributed by atoms with E-state index in [4.69, 9.17) is 23.2 Å². The Morgan fingerprint density at radius 1 is 1.44 bits per heavy atom. The molecule has 0 radical (unpaired) electrons. The summed E-state index contributed by atoms with van der Waals surface area (Å²) in [5.41, 5.74) is 1.16. The van der Waals surface area contributed by atoms with Gasteiger partial charge in [0, 0.05) is 4.88 Å². The van der Waals surface area contributed by atoms with E-state index in [1.165, 1.54) is 37.0 Å². The molecule has 0 spiro atoms. The first-order valence-electron chi connectivity index (χ1n) is 6.06. The Bertz CT molecular complexity index is 320. The molecule has 90 valence electrons. The number of thiophene rings is 1. The van der Waals surface area contributed by atoms with E-state index in [0.29, 0.717) is 0 Å². The molecule has 0 bridgehead atoms. The maximum Gasteiger partial charge on any atom is 0.0960 e. The molecule has 2 rings (SSSR count). The second kappa shape index (κ2) is 5.75. The quantitative estimate of drug-likeness (QED) is 0.595. The second-order valence-electron chi connectivity index (χ2n) is 4.80. The molecule has 3 heteroatoms. The van der Waals surface area contributed by atoms with Crippen LogP contribution < -0.4 is 0 Å². The standard InChI is InChI=1S/C13H18Cl2S/c1-9-8-12(16-13(9)15)11(14)7-6-10-4-2-3-5-10/h8,10-11H,2-7H2,1H3. The molecule has 1 aromatic rings. The summed E-state index contributed by atoms with van der Waals surface area (Å²) < 4.78 is 0.890. The SMILES string of the molecule is Cc1cc(C(Cl)CCC2CCCC2)sc1Cl. The van der Waals surface area contributed by atoms with E-state index < -0.39 is 0 Å². The maximum absolute atomic E-state index is 6.42. The molecule has 1 saturated carbocycles. The lowest BCUT2D eigenvalue weighted by Crippen LogP contribution is -1.96. The Labute approximate surface area is 112 Å². The van der Waals surface area contributed by atoms with E-state index in [9.17, 15) is 0 Å². The van der Waals surface area contributed by atoms with E-state index in [1.807, 2.05) is 6.92 Å². The highest BCUT2D eigenvalue weighted by Crippen LogP contribution is 2.38.